The Hall–Kier alpha value is -1.77. The summed E-state index contributed by atoms with van der Waals surface area (Å²) in [5.41, 5.74) is 1.09. The molecule has 0 saturated carbocycles. The minimum atomic E-state index is 0.382. The second kappa shape index (κ2) is 5.71. The summed E-state index contributed by atoms with van der Waals surface area (Å²) >= 11 is 7.46. The van der Waals surface area contributed by atoms with Crippen molar-refractivity contribution in [2.24, 2.45) is 0 Å². The Morgan fingerprint density at radius 3 is 2.83 bits per heavy atom. The van der Waals surface area contributed by atoms with Gasteiger partial charge < -0.3 is 5.32 Å². The summed E-state index contributed by atoms with van der Waals surface area (Å²) in [5, 5.41) is 13.2. The number of benzene rings is 1. The number of halogens is 1. The van der Waals surface area contributed by atoms with Crippen molar-refractivity contribution in [1.29, 1.82) is 5.26 Å². The number of aromatic nitrogens is 2. The molecule has 0 bridgehead atoms. The van der Waals surface area contributed by atoms with Crippen molar-refractivity contribution >= 4 is 34.9 Å². The van der Waals surface area contributed by atoms with Crippen LogP contribution in [0.1, 0.15) is 5.56 Å². The predicted molar refractivity (Wildman–Crippen MR) is 73.3 cm³/mol. The van der Waals surface area contributed by atoms with Gasteiger partial charge in [0.1, 0.15) is 11.6 Å². The van der Waals surface area contributed by atoms with E-state index in [0.29, 0.717) is 27.2 Å². The molecule has 0 radical (unpaired) electrons. The number of hydrogen-bond acceptors (Lipinski definition) is 5. The number of nitriles is 1. The van der Waals surface area contributed by atoms with E-state index in [1.54, 1.807) is 6.07 Å². The first-order valence-corrected chi connectivity index (χ1v) is 6.67. The lowest BCUT2D eigenvalue weighted by Gasteiger charge is -2.09. The molecule has 0 aliphatic rings. The van der Waals surface area contributed by atoms with Gasteiger partial charge in [0.25, 0.3) is 0 Å². The Labute approximate surface area is 114 Å². The zero-order chi connectivity index (χ0) is 13.0. The lowest BCUT2D eigenvalue weighted by atomic mass is 10.3. The highest BCUT2D eigenvalue weighted by Crippen LogP contribution is 2.26. The molecule has 2 rings (SSSR count). The fraction of sp³-hybridized carbons (Fsp3) is 0.0833. The van der Waals surface area contributed by atoms with Gasteiger partial charge in [-0.3, -0.25) is 0 Å². The second-order valence-electron chi connectivity index (χ2n) is 3.34. The van der Waals surface area contributed by atoms with E-state index >= 15 is 0 Å². The summed E-state index contributed by atoms with van der Waals surface area (Å²) in [4.78, 5) is 8.31. The van der Waals surface area contributed by atoms with Gasteiger partial charge >= 0.3 is 0 Å². The van der Waals surface area contributed by atoms with Crippen LogP contribution in [0.4, 0.5) is 11.5 Å². The van der Waals surface area contributed by atoms with E-state index in [1.165, 1.54) is 18.0 Å². The minimum absolute atomic E-state index is 0.382. The topological polar surface area (TPSA) is 61.6 Å². The number of thioether (sulfide) groups is 1. The fourth-order valence-corrected chi connectivity index (χ4v) is 1.85. The molecule has 1 aromatic heterocycles. The van der Waals surface area contributed by atoms with Crippen molar-refractivity contribution < 1.29 is 0 Å². The standard InChI is InChI=1S/C12H9ClN4S/c1-18-12-15-7-8(6-14)11(17-12)16-10-5-3-2-4-9(10)13/h2-5,7H,1H3,(H,15,16,17). The van der Waals surface area contributed by atoms with Crippen LogP contribution in [-0.4, -0.2) is 16.2 Å². The summed E-state index contributed by atoms with van der Waals surface area (Å²) in [7, 11) is 0. The number of nitrogens with zero attached hydrogens (tertiary/aromatic N) is 3. The minimum Gasteiger partial charge on any atom is -0.338 e. The molecule has 90 valence electrons. The normalized spacial score (nSPS) is 9.83. The summed E-state index contributed by atoms with van der Waals surface area (Å²) < 4.78 is 0. The Bertz CT molecular complexity index is 609. The highest BCUT2D eigenvalue weighted by atomic mass is 35.5. The molecule has 0 atom stereocenters. The molecule has 1 N–H and O–H groups in total. The zero-order valence-electron chi connectivity index (χ0n) is 9.51. The Morgan fingerprint density at radius 1 is 1.39 bits per heavy atom. The zero-order valence-corrected chi connectivity index (χ0v) is 11.1. The lowest BCUT2D eigenvalue weighted by Crippen LogP contribution is -2.00. The number of nitrogens with one attached hydrogen (secondary N) is 1. The van der Waals surface area contributed by atoms with Crippen molar-refractivity contribution in [1.82, 2.24) is 9.97 Å². The number of anilines is 2. The van der Waals surface area contributed by atoms with Gasteiger partial charge in [0.15, 0.2) is 11.0 Å². The van der Waals surface area contributed by atoms with E-state index in [9.17, 15) is 0 Å². The van der Waals surface area contributed by atoms with Gasteiger partial charge in [-0.1, -0.05) is 35.5 Å². The van der Waals surface area contributed by atoms with Crippen LogP contribution in [0.3, 0.4) is 0 Å². The first kappa shape index (κ1) is 12.7. The van der Waals surface area contributed by atoms with E-state index in [-0.39, 0.29) is 0 Å². The smallest absolute Gasteiger partial charge is 0.189 e. The molecule has 0 aliphatic carbocycles. The number of hydrogen-bond donors (Lipinski definition) is 1. The molecule has 0 amide bonds. The van der Waals surface area contributed by atoms with Gasteiger partial charge in [-0.2, -0.15) is 5.26 Å². The third-order valence-corrected chi connectivity index (χ3v) is 3.09. The van der Waals surface area contributed by atoms with Gasteiger partial charge in [-0.05, 0) is 18.4 Å². The quantitative estimate of drug-likeness (QED) is 0.687. The van der Waals surface area contributed by atoms with Crippen LogP contribution in [-0.2, 0) is 0 Å². The Balaban J connectivity index is 2.39. The molecule has 0 spiro atoms. The summed E-state index contributed by atoms with van der Waals surface area (Å²) in [6, 6.07) is 9.34. The number of para-hydroxylation sites is 1. The van der Waals surface area contributed by atoms with Crippen LogP contribution in [0.5, 0.6) is 0 Å². The van der Waals surface area contributed by atoms with Crippen molar-refractivity contribution in [3.05, 3.63) is 41.0 Å². The van der Waals surface area contributed by atoms with Gasteiger partial charge in [0, 0.05) is 0 Å². The largest absolute Gasteiger partial charge is 0.338 e. The van der Waals surface area contributed by atoms with Crippen molar-refractivity contribution in [3.8, 4) is 6.07 Å². The molecular formula is C12H9ClN4S. The highest BCUT2D eigenvalue weighted by Gasteiger charge is 2.08. The van der Waals surface area contributed by atoms with Gasteiger partial charge in [0.2, 0.25) is 0 Å². The van der Waals surface area contributed by atoms with E-state index in [4.69, 9.17) is 16.9 Å². The molecule has 0 aliphatic heterocycles. The second-order valence-corrected chi connectivity index (χ2v) is 4.52. The average Bonchev–Trinajstić information content (AvgIpc) is 2.41. The fourth-order valence-electron chi connectivity index (χ4n) is 1.33. The van der Waals surface area contributed by atoms with E-state index < -0.39 is 0 Å². The Morgan fingerprint density at radius 2 is 2.17 bits per heavy atom. The maximum absolute atomic E-state index is 9.02. The molecule has 1 heterocycles. The highest BCUT2D eigenvalue weighted by molar-refractivity contribution is 7.98. The molecule has 1 aromatic carbocycles. The van der Waals surface area contributed by atoms with Gasteiger partial charge in [-0.15, -0.1) is 0 Å². The summed E-state index contributed by atoms with van der Waals surface area (Å²) in [6.45, 7) is 0. The molecule has 6 heteroatoms. The van der Waals surface area contributed by atoms with Crippen LogP contribution < -0.4 is 5.32 Å². The van der Waals surface area contributed by atoms with E-state index in [1.807, 2.05) is 30.5 Å². The van der Waals surface area contributed by atoms with Gasteiger partial charge in [-0.25, -0.2) is 9.97 Å². The first-order valence-electron chi connectivity index (χ1n) is 5.07. The molecule has 0 fully saturated rings. The molecule has 0 saturated heterocycles. The van der Waals surface area contributed by atoms with Crippen LogP contribution >= 0.6 is 23.4 Å². The Kier molecular flexibility index (Phi) is 4.03. The van der Waals surface area contributed by atoms with Crippen LogP contribution in [0.25, 0.3) is 0 Å². The molecular weight excluding hydrogens is 268 g/mol. The SMILES string of the molecule is CSc1ncc(C#N)c(Nc2ccccc2Cl)n1. The van der Waals surface area contributed by atoms with E-state index in [0.717, 1.165) is 0 Å². The monoisotopic (exact) mass is 276 g/mol. The van der Waals surface area contributed by atoms with Crippen molar-refractivity contribution in [3.63, 3.8) is 0 Å². The molecule has 4 nitrogen and oxygen atoms in total. The average molecular weight is 277 g/mol. The third-order valence-electron chi connectivity index (χ3n) is 2.20. The van der Waals surface area contributed by atoms with Crippen LogP contribution in [0, 0.1) is 11.3 Å². The summed E-state index contributed by atoms with van der Waals surface area (Å²) in [6.07, 6.45) is 3.37. The van der Waals surface area contributed by atoms with Crippen molar-refractivity contribution in [2.45, 2.75) is 5.16 Å². The number of rotatable bonds is 3. The summed E-state index contributed by atoms with van der Waals surface area (Å²) in [5.74, 6) is 0.463. The maximum atomic E-state index is 9.02. The van der Waals surface area contributed by atoms with E-state index in [2.05, 4.69) is 15.3 Å². The molecule has 18 heavy (non-hydrogen) atoms. The molecule has 2 aromatic rings. The first-order chi connectivity index (χ1) is 8.74. The maximum Gasteiger partial charge on any atom is 0.189 e. The van der Waals surface area contributed by atoms with Gasteiger partial charge in [0.05, 0.1) is 16.9 Å². The third kappa shape index (κ3) is 2.73. The van der Waals surface area contributed by atoms with Crippen LogP contribution in [0.2, 0.25) is 5.02 Å². The lowest BCUT2D eigenvalue weighted by molar-refractivity contribution is 0.969. The van der Waals surface area contributed by atoms with Crippen molar-refractivity contribution in [2.75, 3.05) is 11.6 Å². The predicted octanol–water partition coefficient (Wildman–Crippen LogP) is 3.47. The molecule has 0 unspecified atom stereocenters. The van der Waals surface area contributed by atoms with Crippen LogP contribution in [0.15, 0.2) is 35.6 Å².